The lowest BCUT2D eigenvalue weighted by Gasteiger charge is -2.08. The van der Waals surface area contributed by atoms with Crippen LogP contribution in [0.1, 0.15) is 5.56 Å². The number of anilines is 2. The fraction of sp³-hybridized carbons (Fsp3) is 0.133. The van der Waals surface area contributed by atoms with Gasteiger partial charge in [0, 0.05) is 22.9 Å². The molecular weight excluding hydrogens is 276 g/mol. The highest BCUT2D eigenvalue weighted by atomic mass is 35.5. The average molecular weight is 291 g/mol. The fourth-order valence-electron chi connectivity index (χ4n) is 1.69. The Labute approximate surface area is 122 Å². The molecule has 2 aromatic carbocycles. The fourth-order valence-corrected chi connectivity index (χ4v) is 1.90. The third-order valence-corrected chi connectivity index (χ3v) is 2.94. The summed E-state index contributed by atoms with van der Waals surface area (Å²) >= 11 is 5.93. The van der Waals surface area contributed by atoms with Crippen LogP contribution in [-0.2, 0) is 11.3 Å². The van der Waals surface area contributed by atoms with E-state index in [4.69, 9.17) is 11.6 Å². The SMILES string of the molecule is COC(=O)Nc1ccc(NCc2cccc(Cl)c2)cc1. The highest BCUT2D eigenvalue weighted by Crippen LogP contribution is 2.16. The van der Waals surface area contributed by atoms with E-state index in [2.05, 4.69) is 15.4 Å². The van der Waals surface area contributed by atoms with E-state index >= 15 is 0 Å². The lowest BCUT2D eigenvalue weighted by atomic mass is 10.2. The van der Waals surface area contributed by atoms with Gasteiger partial charge in [-0.05, 0) is 42.0 Å². The van der Waals surface area contributed by atoms with Crippen LogP contribution in [0.15, 0.2) is 48.5 Å². The Bertz CT molecular complexity index is 585. The van der Waals surface area contributed by atoms with Gasteiger partial charge >= 0.3 is 6.09 Å². The Morgan fingerprint density at radius 2 is 1.85 bits per heavy atom. The Hall–Kier alpha value is -2.20. The second kappa shape index (κ2) is 6.82. The number of hydrogen-bond acceptors (Lipinski definition) is 3. The molecule has 0 unspecified atom stereocenters. The van der Waals surface area contributed by atoms with Crippen LogP contribution < -0.4 is 10.6 Å². The molecule has 0 aliphatic rings. The van der Waals surface area contributed by atoms with E-state index in [1.54, 1.807) is 12.1 Å². The molecule has 0 aromatic heterocycles. The number of carbonyl (C=O) groups is 1. The first kappa shape index (κ1) is 14.2. The summed E-state index contributed by atoms with van der Waals surface area (Å²) in [5, 5.41) is 6.60. The van der Waals surface area contributed by atoms with Crippen LogP contribution in [0.4, 0.5) is 16.2 Å². The third kappa shape index (κ3) is 4.17. The Kier molecular flexibility index (Phi) is 4.85. The Morgan fingerprint density at radius 1 is 1.15 bits per heavy atom. The van der Waals surface area contributed by atoms with E-state index in [9.17, 15) is 4.79 Å². The maximum atomic E-state index is 11.0. The summed E-state index contributed by atoms with van der Waals surface area (Å²) in [6, 6.07) is 15.1. The first-order chi connectivity index (χ1) is 9.67. The molecule has 0 radical (unpaired) electrons. The molecule has 0 fully saturated rings. The Balaban J connectivity index is 1.92. The molecule has 20 heavy (non-hydrogen) atoms. The highest BCUT2D eigenvalue weighted by molar-refractivity contribution is 6.30. The zero-order valence-corrected chi connectivity index (χ0v) is 11.8. The molecule has 0 spiro atoms. The van der Waals surface area contributed by atoms with Crippen LogP contribution in [0.2, 0.25) is 5.02 Å². The van der Waals surface area contributed by atoms with Gasteiger partial charge in [0.15, 0.2) is 0 Å². The van der Waals surface area contributed by atoms with Gasteiger partial charge in [0.05, 0.1) is 7.11 Å². The predicted octanol–water partition coefficient (Wildman–Crippen LogP) is 4.13. The van der Waals surface area contributed by atoms with Gasteiger partial charge < -0.3 is 10.1 Å². The molecule has 2 rings (SSSR count). The summed E-state index contributed by atoms with van der Waals surface area (Å²) < 4.78 is 4.52. The van der Waals surface area contributed by atoms with Crippen LogP contribution in [-0.4, -0.2) is 13.2 Å². The van der Waals surface area contributed by atoms with E-state index in [1.807, 2.05) is 36.4 Å². The number of benzene rings is 2. The lowest BCUT2D eigenvalue weighted by molar-refractivity contribution is 0.187. The number of hydrogen-bond donors (Lipinski definition) is 2. The largest absolute Gasteiger partial charge is 0.453 e. The number of carbonyl (C=O) groups excluding carboxylic acids is 1. The number of nitrogens with one attached hydrogen (secondary N) is 2. The maximum Gasteiger partial charge on any atom is 0.411 e. The summed E-state index contributed by atoms with van der Waals surface area (Å²) in [7, 11) is 1.33. The van der Waals surface area contributed by atoms with Crippen LogP contribution in [0.25, 0.3) is 0 Å². The monoisotopic (exact) mass is 290 g/mol. The first-order valence-corrected chi connectivity index (χ1v) is 6.48. The number of amides is 1. The zero-order chi connectivity index (χ0) is 14.4. The van der Waals surface area contributed by atoms with Crippen LogP contribution >= 0.6 is 11.6 Å². The molecule has 4 nitrogen and oxygen atoms in total. The van der Waals surface area contributed by atoms with Crippen LogP contribution in [0, 0.1) is 0 Å². The standard InChI is InChI=1S/C15H15ClN2O2/c1-20-15(19)18-14-7-5-13(6-8-14)17-10-11-3-2-4-12(16)9-11/h2-9,17H,10H2,1H3,(H,18,19). The number of halogens is 1. The van der Waals surface area contributed by atoms with Gasteiger partial charge in [0.25, 0.3) is 0 Å². The van der Waals surface area contributed by atoms with Crippen molar-refractivity contribution in [3.05, 3.63) is 59.1 Å². The molecule has 0 aliphatic carbocycles. The summed E-state index contributed by atoms with van der Waals surface area (Å²) in [6.07, 6.45) is -0.482. The van der Waals surface area contributed by atoms with E-state index < -0.39 is 6.09 Å². The van der Waals surface area contributed by atoms with E-state index in [0.29, 0.717) is 12.2 Å². The van der Waals surface area contributed by atoms with Crippen molar-refractivity contribution >= 4 is 29.1 Å². The number of rotatable bonds is 4. The van der Waals surface area contributed by atoms with Crippen molar-refractivity contribution < 1.29 is 9.53 Å². The molecular formula is C15H15ClN2O2. The molecule has 0 atom stereocenters. The van der Waals surface area contributed by atoms with Gasteiger partial charge in [-0.2, -0.15) is 0 Å². The molecule has 0 aliphatic heterocycles. The number of ether oxygens (including phenoxy) is 1. The smallest absolute Gasteiger partial charge is 0.411 e. The molecule has 1 amide bonds. The highest BCUT2D eigenvalue weighted by Gasteiger charge is 2.00. The minimum atomic E-state index is -0.482. The van der Waals surface area contributed by atoms with Gasteiger partial charge in [-0.3, -0.25) is 5.32 Å². The van der Waals surface area contributed by atoms with Gasteiger partial charge in [0.1, 0.15) is 0 Å². The van der Waals surface area contributed by atoms with Crippen molar-refractivity contribution in [2.24, 2.45) is 0 Å². The second-order valence-corrected chi connectivity index (χ2v) is 4.61. The third-order valence-electron chi connectivity index (χ3n) is 2.70. The average Bonchev–Trinajstić information content (AvgIpc) is 2.46. The zero-order valence-electron chi connectivity index (χ0n) is 11.0. The molecule has 2 aromatic rings. The molecule has 0 bridgehead atoms. The van der Waals surface area contributed by atoms with Gasteiger partial charge in [-0.1, -0.05) is 23.7 Å². The molecule has 104 valence electrons. The van der Waals surface area contributed by atoms with E-state index in [-0.39, 0.29) is 0 Å². The predicted molar refractivity (Wildman–Crippen MR) is 81.2 cm³/mol. The topological polar surface area (TPSA) is 50.4 Å². The quantitative estimate of drug-likeness (QED) is 0.890. The maximum absolute atomic E-state index is 11.0. The number of methoxy groups -OCH3 is 1. The van der Waals surface area contributed by atoms with Crippen molar-refractivity contribution in [1.29, 1.82) is 0 Å². The minimum absolute atomic E-state index is 0.482. The van der Waals surface area contributed by atoms with E-state index in [0.717, 1.165) is 16.3 Å². The normalized spacial score (nSPS) is 9.90. The summed E-state index contributed by atoms with van der Waals surface area (Å²) in [5.74, 6) is 0. The van der Waals surface area contributed by atoms with Crippen molar-refractivity contribution in [3.8, 4) is 0 Å². The molecule has 0 saturated carbocycles. The van der Waals surface area contributed by atoms with Gasteiger partial charge in [0.2, 0.25) is 0 Å². The van der Waals surface area contributed by atoms with E-state index in [1.165, 1.54) is 7.11 Å². The van der Waals surface area contributed by atoms with Gasteiger partial charge in [-0.15, -0.1) is 0 Å². The van der Waals surface area contributed by atoms with Crippen molar-refractivity contribution in [3.63, 3.8) is 0 Å². The summed E-state index contributed by atoms with van der Waals surface area (Å²) in [5.41, 5.74) is 2.75. The molecule has 0 heterocycles. The lowest BCUT2D eigenvalue weighted by Crippen LogP contribution is -2.10. The molecule has 5 heteroatoms. The summed E-state index contributed by atoms with van der Waals surface area (Å²) in [6.45, 7) is 0.685. The first-order valence-electron chi connectivity index (χ1n) is 6.11. The van der Waals surface area contributed by atoms with Crippen molar-refractivity contribution in [2.75, 3.05) is 17.7 Å². The van der Waals surface area contributed by atoms with Crippen LogP contribution in [0.3, 0.4) is 0 Å². The minimum Gasteiger partial charge on any atom is -0.453 e. The van der Waals surface area contributed by atoms with Crippen molar-refractivity contribution in [2.45, 2.75) is 6.54 Å². The summed E-state index contributed by atoms with van der Waals surface area (Å²) in [4.78, 5) is 11.0. The molecule has 2 N–H and O–H groups in total. The van der Waals surface area contributed by atoms with Gasteiger partial charge in [-0.25, -0.2) is 4.79 Å². The second-order valence-electron chi connectivity index (χ2n) is 4.18. The Morgan fingerprint density at radius 3 is 2.50 bits per heavy atom. The van der Waals surface area contributed by atoms with Crippen LogP contribution in [0.5, 0.6) is 0 Å². The van der Waals surface area contributed by atoms with Crippen molar-refractivity contribution in [1.82, 2.24) is 0 Å². The molecule has 0 saturated heterocycles.